The molecule has 88 valence electrons. The molecular weight excluding hydrogens is 192 g/mol. The lowest BCUT2D eigenvalue weighted by Gasteiger charge is -2.27. The molecule has 0 aromatic heterocycles. The molecule has 1 amide bonds. The van der Waals surface area contributed by atoms with Gasteiger partial charge in [-0.05, 0) is 32.7 Å². The Bertz CT molecular complexity index is 209. The molecule has 1 rings (SSSR count). The van der Waals surface area contributed by atoms with Gasteiger partial charge in [-0.25, -0.2) is 0 Å². The smallest absolute Gasteiger partial charge is 0.222 e. The van der Waals surface area contributed by atoms with Crippen LogP contribution in [0.15, 0.2) is 0 Å². The van der Waals surface area contributed by atoms with Crippen molar-refractivity contribution in [2.75, 3.05) is 13.2 Å². The van der Waals surface area contributed by atoms with Crippen molar-refractivity contribution in [2.45, 2.75) is 51.1 Å². The molecule has 4 nitrogen and oxygen atoms in total. The summed E-state index contributed by atoms with van der Waals surface area (Å²) in [6.07, 6.45) is 3.50. The lowest BCUT2D eigenvalue weighted by Crippen LogP contribution is -2.49. The second-order valence-electron chi connectivity index (χ2n) is 4.62. The Morgan fingerprint density at radius 2 is 2.40 bits per heavy atom. The number of carbonyl (C=O) groups is 1. The van der Waals surface area contributed by atoms with Crippen LogP contribution in [0.4, 0.5) is 0 Å². The van der Waals surface area contributed by atoms with Crippen LogP contribution in [0, 0.1) is 0 Å². The minimum Gasteiger partial charge on any atom is -0.394 e. The number of hydrogen-bond donors (Lipinski definition) is 3. The Morgan fingerprint density at radius 1 is 1.67 bits per heavy atom. The fourth-order valence-corrected chi connectivity index (χ4v) is 1.78. The molecule has 2 unspecified atom stereocenters. The van der Waals surface area contributed by atoms with E-state index in [1.807, 2.05) is 13.8 Å². The maximum absolute atomic E-state index is 11.7. The highest BCUT2D eigenvalue weighted by Crippen LogP contribution is 2.11. The van der Waals surface area contributed by atoms with Crippen molar-refractivity contribution < 1.29 is 9.90 Å². The summed E-state index contributed by atoms with van der Waals surface area (Å²) in [4.78, 5) is 11.7. The van der Waals surface area contributed by atoms with E-state index < -0.39 is 5.54 Å². The first kappa shape index (κ1) is 12.5. The number of rotatable bonds is 5. The number of nitrogens with one attached hydrogen (secondary N) is 2. The summed E-state index contributed by atoms with van der Waals surface area (Å²) in [5, 5.41) is 15.3. The number of hydrogen-bond acceptors (Lipinski definition) is 3. The predicted molar refractivity (Wildman–Crippen MR) is 59.6 cm³/mol. The van der Waals surface area contributed by atoms with Gasteiger partial charge in [-0.15, -0.1) is 0 Å². The highest BCUT2D eigenvalue weighted by Gasteiger charge is 2.25. The van der Waals surface area contributed by atoms with Crippen LogP contribution in [0.3, 0.4) is 0 Å². The van der Waals surface area contributed by atoms with Gasteiger partial charge < -0.3 is 15.7 Å². The first-order valence-corrected chi connectivity index (χ1v) is 5.75. The molecule has 1 aliphatic heterocycles. The van der Waals surface area contributed by atoms with Crippen LogP contribution in [0.1, 0.15) is 39.5 Å². The molecular formula is C11H22N2O2. The average Bonchev–Trinajstić information content (AvgIpc) is 2.70. The van der Waals surface area contributed by atoms with Gasteiger partial charge >= 0.3 is 0 Å². The van der Waals surface area contributed by atoms with E-state index in [1.165, 1.54) is 0 Å². The van der Waals surface area contributed by atoms with Gasteiger partial charge in [-0.1, -0.05) is 6.92 Å². The molecule has 3 N–H and O–H groups in total. The Hall–Kier alpha value is -0.610. The van der Waals surface area contributed by atoms with Crippen molar-refractivity contribution in [3.8, 4) is 0 Å². The Balaban J connectivity index is 2.33. The topological polar surface area (TPSA) is 61.4 Å². The highest BCUT2D eigenvalue weighted by molar-refractivity contribution is 5.77. The van der Waals surface area contributed by atoms with E-state index in [2.05, 4.69) is 10.6 Å². The molecule has 1 fully saturated rings. The second kappa shape index (κ2) is 5.47. The molecule has 1 heterocycles. The van der Waals surface area contributed by atoms with Crippen molar-refractivity contribution in [2.24, 2.45) is 0 Å². The molecule has 2 atom stereocenters. The quantitative estimate of drug-likeness (QED) is 0.621. The van der Waals surface area contributed by atoms with E-state index in [9.17, 15) is 4.79 Å². The van der Waals surface area contributed by atoms with Crippen molar-refractivity contribution >= 4 is 5.91 Å². The third-order valence-electron chi connectivity index (χ3n) is 3.16. The lowest BCUT2D eigenvalue weighted by atomic mass is 9.99. The molecule has 0 aliphatic carbocycles. The molecule has 0 bridgehead atoms. The maximum Gasteiger partial charge on any atom is 0.222 e. The molecule has 4 heteroatoms. The Labute approximate surface area is 91.4 Å². The Kier molecular flexibility index (Phi) is 4.54. The zero-order valence-electron chi connectivity index (χ0n) is 9.68. The molecule has 0 aromatic carbocycles. The highest BCUT2D eigenvalue weighted by atomic mass is 16.3. The number of amides is 1. The molecule has 15 heavy (non-hydrogen) atoms. The van der Waals surface area contributed by atoms with Gasteiger partial charge in [-0.3, -0.25) is 4.79 Å². The minimum absolute atomic E-state index is 0.00661. The molecule has 1 saturated heterocycles. The predicted octanol–water partition coefficient (Wildman–Crippen LogP) is 0.406. The SMILES string of the molecule is CCC(C)(CO)NC(=O)CC1CCCN1. The average molecular weight is 214 g/mol. The van der Waals surface area contributed by atoms with Crippen LogP contribution in [-0.4, -0.2) is 35.7 Å². The van der Waals surface area contributed by atoms with Crippen molar-refractivity contribution in [3.63, 3.8) is 0 Å². The minimum atomic E-state index is -0.463. The summed E-state index contributed by atoms with van der Waals surface area (Å²) in [6, 6.07) is 0.324. The molecule has 0 saturated carbocycles. The Morgan fingerprint density at radius 3 is 2.87 bits per heavy atom. The van der Waals surface area contributed by atoms with Gasteiger partial charge in [-0.2, -0.15) is 0 Å². The van der Waals surface area contributed by atoms with E-state index in [4.69, 9.17) is 5.11 Å². The number of aliphatic hydroxyl groups excluding tert-OH is 1. The standard InChI is InChI=1S/C11H22N2O2/c1-3-11(2,8-14)13-10(15)7-9-5-4-6-12-9/h9,12,14H,3-8H2,1-2H3,(H,13,15). The maximum atomic E-state index is 11.7. The van der Waals surface area contributed by atoms with Gasteiger partial charge in [0.05, 0.1) is 12.1 Å². The van der Waals surface area contributed by atoms with Crippen LogP contribution >= 0.6 is 0 Å². The third-order valence-corrected chi connectivity index (χ3v) is 3.16. The van der Waals surface area contributed by atoms with Crippen LogP contribution in [0.25, 0.3) is 0 Å². The normalized spacial score (nSPS) is 24.9. The van der Waals surface area contributed by atoms with Gasteiger partial charge in [0.2, 0.25) is 5.91 Å². The summed E-state index contributed by atoms with van der Waals surface area (Å²) in [6.45, 7) is 4.84. The number of aliphatic hydroxyl groups is 1. The van der Waals surface area contributed by atoms with Crippen LogP contribution in [0.2, 0.25) is 0 Å². The largest absolute Gasteiger partial charge is 0.394 e. The first-order chi connectivity index (χ1) is 7.09. The summed E-state index contributed by atoms with van der Waals surface area (Å²) in [7, 11) is 0. The summed E-state index contributed by atoms with van der Waals surface area (Å²) in [5.41, 5.74) is -0.463. The van der Waals surface area contributed by atoms with Crippen LogP contribution in [0.5, 0.6) is 0 Å². The summed E-state index contributed by atoms with van der Waals surface area (Å²) in [5.74, 6) is 0.0350. The van der Waals surface area contributed by atoms with E-state index >= 15 is 0 Å². The zero-order valence-corrected chi connectivity index (χ0v) is 9.68. The van der Waals surface area contributed by atoms with E-state index in [0.717, 1.165) is 25.8 Å². The first-order valence-electron chi connectivity index (χ1n) is 5.75. The van der Waals surface area contributed by atoms with E-state index in [-0.39, 0.29) is 12.5 Å². The zero-order chi connectivity index (χ0) is 11.3. The summed E-state index contributed by atoms with van der Waals surface area (Å²) < 4.78 is 0. The number of carbonyl (C=O) groups excluding carboxylic acids is 1. The van der Waals surface area contributed by atoms with Crippen molar-refractivity contribution in [3.05, 3.63) is 0 Å². The fourth-order valence-electron chi connectivity index (χ4n) is 1.78. The van der Waals surface area contributed by atoms with E-state index in [1.54, 1.807) is 0 Å². The van der Waals surface area contributed by atoms with Gasteiger partial charge in [0, 0.05) is 12.5 Å². The van der Waals surface area contributed by atoms with Gasteiger partial charge in [0.15, 0.2) is 0 Å². The van der Waals surface area contributed by atoms with Crippen molar-refractivity contribution in [1.82, 2.24) is 10.6 Å². The van der Waals surface area contributed by atoms with Gasteiger partial charge in [0.1, 0.15) is 0 Å². The molecule has 0 radical (unpaired) electrons. The summed E-state index contributed by atoms with van der Waals surface area (Å²) >= 11 is 0. The second-order valence-corrected chi connectivity index (χ2v) is 4.62. The molecule has 0 spiro atoms. The van der Waals surface area contributed by atoms with Crippen LogP contribution < -0.4 is 10.6 Å². The van der Waals surface area contributed by atoms with Crippen molar-refractivity contribution in [1.29, 1.82) is 0 Å². The molecule has 0 aromatic rings. The molecule has 1 aliphatic rings. The van der Waals surface area contributed by atoms with Crippen LogP contribution in [-0.2, 0) is 4.79 Å². The monoisotopic (exact) mass is 214 g/mol. The van der Waals surface area contributed by atoms with E-state index in [0.29, 0.717) is 12.5 Å². The van der Waals surface area contributed by atoms with Gasteiger partial charge in [0.25, 0.3) is 0 Å². The fraction of sp³-hybridized carbons (Fsp3) is 0.909. The lowest BCUT2D eigenvalue weighted by molar-refractivity contribution is -0.123. The third kappa shape index (κ3) is 3.80.